The first-order valence-electron chi connectivity index (χ1n) is 7.59. The fourth-order valence-corrected chi connectivity index (χ4v) is 3.66. The predicted octanol–water partition coefficient (Wildman–Crippen LogP) is 1.74. The van der Waals surface area contributed by atoms with Gasteiger partial charge in [0.15, 0.2) is 5.96 Å². The molecule has 0 amide bonds. The Labute approximate surface area is 120 Å². The highest BCUT2D eigenvalue weighted by Gasteiger charge is 2.50. The molecular weight excluding hydrogens is 248 g/mol. The van der Waals surface area contributed by atoms with Crippen molar-refractivity contribution >= 4 is 11.6 Å². The molecule has 4 heteroatoms. The first-order valence-corrected chi connectivity index (χ1v) is 7.59. The quantitative estimate of drug-likeness (QED) is 0.890. The standard InChI is InChI=1S/C16H22N4/c1-12-2-4-14(5-3-12)20-15(17)18-10-16(20)8-9-19(11-16)13-6-7-13/h2-5,13H,6-11H2,1H3,(H2,17,18). The molecule has 2 N–H and O–H groups in total. The van der Waals surface area contributed by atoms with Crippen LogP contribution in [-0.4, -0.2) is 42.1 Å². The maximum Gasteiger partial charge on any atom is 0.196 e. The number of hydrogen-bond acceptors (Lipinski definition) is 4. The van der Waals surface area contributed by atoms with Crippen molar-refractivity contribution in [1.29, 1.82) is 0 Å². The maximum atomic E-state index is 6.20. The lowest BCUT2D eigenvalue weighted by molar-refractivity contribution is 0.306. The number of rotatable bonds is 2. The van der Waals surface area contributed by atoms with Gasteiger partial charge in [-0.05, 0) is 38.3 Å². The van der Waals surface area contributed by atoms with Gasteiger partial charge in [0.25, 0.3) is 0 Å². The number of nitrogens with zero attached hydrogens (tertiary/aromatic N) is 3. The number of nitrogens with two attached hydrogens (primary N) is 1. The summed E-state index contributed by atoms with van der Waals surface area (Å²) in [5.74, 6) is 0.687. The van der Waals surface area contributed by atoms with Crippen molar-refractivity contribution in [3.8, 4) is 0 Å². The zero-order valence-corrected chi connectivity index (χ0v) is 12.0. The summed E-state index contributed by atoms with van der Waals surface area (Å²) >= 11 is 0. The number of likely N-dealkylation sites (tertiary alicyclic amines) is 1. The molecule has 0 aromatic heterocycles. The normalized spacial score (nSPS) is 30.2. The van der Waals surface area contributed by atoms with E-state index in [2.05, 4.69) is 46.0 Å². The lowest BCUT2D eigenvalue weighted by atomic mass is 9.96. The van der Waals surface area contributed by atoms with Gasteiger partial charge in [-0.1, -0.05) is 17.7 Å². The largest absolute Gasteiger partial charge is 0.369 e. The summed E-state index contributed by atoms with van der Waals surface area (Å²) in [6.45, 7) is 5.26. The lowest BCUT2D eigenvalue weighted by Crippen LogP contribution is -2.53. The average molecular weight is 270 g/mol. The van der Waals surface area contributed by atoms with Crippen LogP contribution in [0.3, 0.4) is 0 Å². The summed E-state index contributed by atoms with van der Waals surface area (Å²) < 4.78 is 0. The summed E-state index contributed by atoms with van der Waals surface area (Å²) in [6.07, 6.45) is 3.91. The summed E-state index contributed by atoms with van der Waals surface area (Å²) in [7, 11) is 0. The Morgan fingerprint density at radius 2 is 2.00 bits per heavy atom. The molecule has 2 heterocycles. The van der Waals surface area contributed by atoms with Gasteiger partial charge in [-0.25, -0.2) is 0 Å². The van der Waals surface area contributed by atoms with Crippen LogP contribution in [0.15, 0.2) is 29.3 Å². The zero-order valence-electron chi connectivity index (χ0n) is 12.0. The van der Waals surface area contributed by atoms with Gasteiger partial charge in [0.1, 0.15) is 0 Å². The molecular formula is C16H22N4. The van der Waals surface area contributed by atoms with Gasteiger partial charge in [-0.3, -0.25) is 9.89 Å². The second-order valence-corrected chi connectivity index (χ2v) is 6.52. The molecule has 3 aliphatic rings. The van der Waals surface area contributed by atoms with E-state index in [4.69, 9.17) is 5.73 Å². The zero-order chi connectivity index (χ0) is 13.7. The number of aliphatic imine (C=N–C) groups is 1. The van der Waals surface area contributed by atoms with Gasteiger partial charge in [-0.15, -0.1) is 0 Å². The Kier molecular flexibility index (Phi) is 2.58. The van der Waals surface area contributed by atoms with Crippen molar-refractivity contribution in [2.24, 2.45) is 10.7 Å². The molecule has 1 aromatic rings. The molecule has 1 spiro atoms. The van der Waals surface area contributed by atoms with Crippen molar-refractivity contribution < 1.29 is 0 Å². The minimum Gasteiger partial charge on any atom is -0.369 e. The molecule has 0 radical (unpaired) electrons. The van der Waals surface area contributed by atoms with Crippen LogP contribution in [-0.2, 0) is 0 Å². The lowest BCUT2D eigenvalue weighted by Gasteiger charge is -2.36. The first-order chi connectivity index (χ1) is 9.68. The molecule has 2 fully saturated rings. The average Bonchev–Trinajstić information content (AvgIpc) is 3.14. The van der Waals surface area contributed by atoms with Crippen LogP contribution in [0.25, 0.3) is 0 Å². The van der Waals surface area contributed by atoms with Crippen molar-refractivity contribution in [3.05, 3.63) is 29.8 Å². The molecule has 0 bridgehead atoms. The third-order valence-electron chi connectivity index (χ3n) is 4.96. The van der Waals surface area contributed by atoms with Gasteiger partial charge >= 0.3 is 0 Å². The number of aryl methyl sites for hydroxylation is 1. The Morgan fingerprint density at radius 1 is 1.25 bits per heavy atom. The van der Waals surface area contributed by atoms with Crippen molar-refractivity contribution in [2.75, 3.05) is 24.5 Å². The highest BCUT2D eigenvalue weighted by molar-refractivity contribution is 5.98. The third kappa shape index (κ3) is 1.82. The Balaban J connectivity index is 1.65. The van der Waals surface area contributed by atoms with E-state index in [0.29, 0.717) is 5.96 Å². The molecule has 4 rings (SSSR count). The highest BCUT2D eigenvalue weighted by Crippen LogP contribution is 2.40. The topological polar surface area (TPSA) is 44.9 Å². The Bertz CT molecular complexity index is 546. The molecule has 4 nitrogen and oxygen atoms in total. The minimum absolute atomic E-state index is 0.0991. The SMILES string of the molecule is Cc1ccc(N2C(N)=NCC23CCN(C2CC2)C3)cc1. The molecule has 106 valence electrons. The van der Waals surface area contributed by atoms with Crippen LogP contribution in [0.5, 0.6) is 0 Å². The van der Waals surface area contributed by atoms with E-state index in [1.54, 1.807) is 0 Å². The van der Waals surface area contributed by atoms with E-state index in [0.717, 1.165) is 19.1 Å². The summed E-state index contributed by atoms with van der Waals surface area (Å²) in [4.78, 5) is 9.48. The Hall–Kier alpha value is -1.55. The van der Waals surface area contributed by atoms with Gasteiger partial charge in [0.05, 0.1) is 12.1 Å². The molecule has 1 saturated carbocycles. The van der Waals surface area contributed by atoms with Crippen molar-refractivity contribution in [3.63, 3.8) is 0 Å². The molecule has 1 unspecified atom stereocenters. The molecule has 20 heavy (non-hydrogen) atoms. The highest BCUT2D eigenvalue weighted by atomic mass is 15.4. The monoisotopic (exact) mass is 270 g/mol. The number of hydrogen-bond donors (Lipinski definition) is 1. The number of anilines is 1. The smallest absolute Gasteiger partial charge is 0.196 e. The van der Waals surface area contributed by atoms with Gasteiger partial charge < -0.3 is 10.6 Å². The fraction of sp³-hybridized carbons (Fsp3) is 0.562. The fourth-order valence-electron chi connectivity index (χ4n) is 3.66. The van der Waals surface area contributed by atoms with Gasteiger partial charge in [0.2, 0.25) is 0 Å². The van der Waals surface area contributed by atoms with Crippen LogP contribution in [0.1, 0.15) is 24.8 Å². The molecule has 2 aliphatic heterocycles. The third-order valence-corrected chi connectivity index (χ3v) is 4.96. The molecule has 1 saturated heterocycles. The Morgan fingerprint density at radius 3 is 2.70 bits per heavy atom. The van der Waals surface area contributed by atoms with Gasteiger partial charge in [0, 0.05) is 24.8 Å². The first kappa shape index (κ1) is 12.2. The van der Waals surface area contributed by atoms with Crippen LogP contribution in [0.2, 0.25) is 0 Å². The van der Waals surface area contributed by atoms with Crippen LogP contribution < -0.4 is 10.6 Å². The second kappa shape index (κ2) is 4.22. The minimum atomic E-state index is 0.0991. The van der Waals surface area contributed by atoms with Crippen LogP contribution in [0.4, 0.5) is 5.69 Å². The van der Waals surface area contributed by atoms with Crippen molar-refractivity contribution in [2.45, 2.75) is 37.8 Å². The summed E-state index contributed by atoms with van der Waals surface area (Å²) in [6, 6.07) is 9.48. The van der Waals surface area contributed by atoms with Crippen molar-refractivity contribution in [1.82, 2.24) is 4.90 Å². The van der Waals surface area contributed by atoms with Crippen LogP contribution in [0, 0.1) is 6.92 Å². The summed E-state index contributed by atoms with van der Waals surface area (Å²) in [5.41, 5.74) is 8.77. The van der Waals surface area contributed by atoms with E-state index in [-0.39, 0.29) is 5.54 Å². The van der Waals surface area contributed by atoms with E-state index in [9.17, 15) is 0 Å². The van der Waals surface area contributed by atoms with Crippen LogP contribution >= 0.6 is 0 Å². The maximum absolute atomic E-state index is 6.20. The summed E-state index contributed by atoms with van der Waals surface area (Å²) in [5, 5.41) is 0. The van der Waals surface area contributed by atoms with E-state index >= 15 is 0 Å². The second-order valence-electron chi connectivity index (χ2n) is 6.52. The molecule has 1 aromatic carbocycles. The van der Waals surface area contributed by atoms with E-state index < -0.39 is 0 Å². The number of guanidine groups is 1. The van der Waals surface area contributed by atoms with E-state index in [1.165, 1.54) is 37.1 Å². The predicted molar refractivity (Wildman–Crippen MR) is 82.1 cm³/mol. The van der Waals surface area contributed by atoms with Gasteiger partial charge in [-0.2, -0.15) is 0 Å². The van der Waals surface area contributed by atoms with E-state index in [1.807, 2.05) is 0 Å². The molecule has 1 aliphatic carbocycles. The molecule has 1 atom stereocenters. The number of benzene rings is 1.